The number of piperidine rings is 1. The Morgan fingerprint density at radius 3 is 2.57 bits per heavy atom. The van der Waals surface area contributed by atoms with Crippen molar-refractivity contribution in [2.24, 2.45) is 5.92 Å². The van der Waals surface area contributed by atoms with Crippen LogP contribution in [0.2, 0.25) is 0 Å². The number of amides is 1. The zero-order valence-corrected chi connectivity index (χ0v) is 18.7. The Morgan fingerprint density at radius 2 is 1.86 bits per heavy atom. The minimum absolute atomic E-state index is 0.0617. The first-order chi connectivity index (χ1) is 16.8. The molecule has 1 amide bonds. The van der Waals surface area contributed by atoms with Crippen LogP contribution in [0.1, 0.15) is 51.9 Å². The van der Waals surface area contributed by atoms with Gasteiger partial charge < -0.3 is 19.4 Å². The van der Waals surface area contributed by atoms with E-state index in [-0.39, 0.29) is 34.9 Å². The van der Waals surface area contributed by atoms with Gasteiger partial charge in [-0.2, -0.15) is 0 Å². The molecule has 2 aromatic heterocycles. The minimum Gasteiger partial charge on any atom is -0.406 e. The molecule has 1 aliphatic carbocycles. The molecule has 2 fully saturated rings. The van der Waals surface area contributed by atoms with Gasteiger partial charge in [0.1, 0.15) is 17.2 Å². The number of hydrogen-bond acceptors (Lipinski definition) is 4. The van der Waals surface area contributed by atoms with Crippen molar-refractivity contribution in [2.75, 3.05) is 26.3 Å². The second-order valence-electron chi connectivity index (χ2n) is 9.51. The molecular weight excluding hydrogens is 466 g/mol. The lowest BCUT2D eigenvalue weighted by atomic mass is 9.85. The van der Waals surface area contributed by atoms with Crippen LogP contribution in [0.3, 0.4) is 0 Å². The van der Waals surface area contributed by atoms with Crippen molar-refractivity contribution in [2.45, 2.75) is 37.5 Å². The Bertz CT molecular complexity index is 1280. The Balaban J connectivity index is 1.20. The molecule has 2 atom stereocenters. The van der Waals surface area contributed by atoms with Crippen molar-refractivity contribution in [3.63, 3.8) is 0 Å². The van der Waals surface area contributed by atoms with Crippen LogP contribution in [-0.2, 0) is 11.2 Å². The average molecular weight is 489 g/mol. The fourth-order valence-electron chi connectivity index (χ4n) is 5.93. The molecule has 2 aliphatic heterocycles. The van der Waals surface area contributed by atoms with Crippen LogP contribution >= 0.6 is 0 Å². The molecule has 1 unspecified atom stereocenters. The number of hydrogen-bond donors (Lipinski definition) is 1. The summed E-state index contributed by atoms with van der Waals surface area (Å²) in [7, 11) is 0. The van der Waals surface area contributed by atoms with E-state index in [1.54, 1.807) is 4.90 Å². The van der Waals surface area contributed by atoms with Gasteiger partial charge in [0.15, 0.2) is 0 Å². The van der Waals surface area contributed by atoms with Gasteiger partial charge in [-0.3, -0.25) is 4.79 Å². The van der Waals surface area contributed by atoms with Crippen molar-refractivity contribution in [3.8, 4) is 5.75 Å². The zero-order chi connectivity index (χ0) is 24.3. The Hall–Kier alpha value is -3.14. The number of rotatable bonds is 3. The molecule has 6 rings (SSSR count). The van der Waals surface area contributed by atoms with E-state index in [1.165, 1.54) is 18.3 Å². The van der Waals surface area contributed by atoms with Crippen molar-refractivity contribution in [1.82, 2.24) is 14.9 Å². The van der Waals surface area contributed by atoms with Crippen LogP contribution in [0.5, 0.6) is 5.75 Å². The summed E-state index contributed by atoms with van der Waals surface area (Å²) in [6, 6.07) is 4.90. The van der Waals surface area contributed by atoms with E-state index in [0.717, 1.165) is 41.8 Å². The smallest absolute Gasteiger partial charge is 0.406 e. The summed E-state index contributed by atoms with van der Waals surface area (Å²) in [5.74, 6) is -0.356. The van der Waals surface area contributed by atoms with E-state index in [4.69, 9.17) is 4.74 Å². The second kappa shape index (κ2) is 8.22. The van der Waals surface area contributed by atoms with Crippen molar-refractivity contribution >= 4 is 16.9 Å². The van der Waals surface area contributed by atoms with E-state index in [0.29, 0.717) is 49.7 Å². The van der Waals surface area contributed by atoms with E-state index < -0.39 is 6.36 Å². The summed E-state index contributed by atoms with van der Waals surface area (Å²) in [5, 5.41) is 0.878. The number of carbonyl (C=O) groups is 1. The second-order valence-corrected chi connectivity index (χ2v) is 9.51. The lowest BCUT2D eigenvalue weighted by Crippen LogP contribution is -2.38. The molecule has 1 N–H and O–H groups in total. The first-order valence-corrected chi connectivity index (χ1v) is 11.7. The van der Waals surface area contributed by atoms with Crippen LogP contribution in [0.4, 0.5) is 17.6 Å². The number of halogens is 4. The third kappa shape index (κ3) is 3.93. The average Bonchev–Trinajstić information content (AvgIpc) is 3.49. The van der Waals surface area contributed by atoms with E-state index in [1.807, 2.05) is 0 Å². The summed E-state index contributed by atoms with van der Waals surface area (Å²) in [6.07, 6.45) is -1.46. The quantitative estimate of drug-likeness (QED) is 0.531. The molecule has 35 heavy (non-hydrogen) atoms. The molecule has 6 nitrogen and oxygen atoms in total. The number of nitrogens with one attached hydrogen (secondary N) is 1. The lowest BCUT2D eigenvalue weighted by Gasteiger charge is -2.33. The summed E-state index contributed by atoms with van der Waals surface area (Å²) in [5.41, 5.74) is 3.93. The number of ether oxygens (including phenoxy) is 2. The normalized spacial score (nSPS) is 22.5. The molecule has 4 heterocycles. The molecule has 3 aliphatic rings. The number of likely N-dealkylation sites (tertiary alicyclic amines) is 1. The highest BCUT2D eigenvalue weighted by Crippen LogP contribution is 2.48. The highest BCUT2D eigenvalue weighted by molar-refractivity contribution is 5.94. The Labute approximate surface area is 198 Å². The number of aromatic nitrogens is 2. The molecule has 2 saturated heterocycles. The number of aromatic amines is 1. The van der Waals surface area contributed by atoms with Crippen LogP contribution in [0, 0.1) is 11.7 Å². The number of nitrogens with zero attached hydrogens (tertiary/aromatic N) is 2. The Kier molecular flexibility index (Phi) is 5.24. The third-order valence-corrected chi connectivity index (χ3v) is 7.49. The van der Waals surface area contributed by atoms with Crippen LogP contribution < -0.4 is 4.74 Å². The fraction of sp³-hybridized carbons (Fsp3) is 0.440. The van der Waals surface area contributed by atoms with Gasteiger partial charge in [0.25, 0.3) is 5.91 Å². The SMILES string of the molecule is O=C(c1ccc(OC(F)(F)F)cc1)N1CCC(c2c(F)cnc3[nH]c4c(c23)C2COC[C@H]2C4)CC1. The molecule has 3 aromatic rings. The largest absolute Gasteiger partial charge is 0.573 e. The van der Waals surface area contributed by atoms with Gasteiger partial charge in [0.2, 0.25) is 0 Å². The molecule has 0 bridgehead atoms. The number of fused-ring (bicyclic) bond motifs is 5. The van der Waals surface area contributed by atoms with E-state index >= 15 is 4.39 Å². The first-order valence-electron chi connectivity index (χ1n) is 11.7. The standard InChI is InChI=1S/C25H23F4N3O3/c26-18-10-30-23-22(21-17-12-34-11-15(17)9-19(21)31-23)20(18)13-5-7-32(8-6-13)24(33)14-1-3-16(4-2-14)35-25(27,28)29/h1-4,10,13,15,17H,5-9,11-12H2,(H,30,31)/t15-,17?/m1/s1. The number of carbonyl (C=O) groups excluding carboxylic acids is 1. The maximum absolute atomic E-state index is 15.2. The van der Waals surface area contributed by atoms with E-state index in [2.05, 4.69) is 14.7 Å². The van der Waals surface area contributed by atoms with Gasteiger partial charge >= 0.3 is 6.36 Å². The maximum Gasteiger partial charge on any atom is 0.573 e. The summed E-state index contributed by atoms with van der Waals surface area (Å²) in [4.78, 5) is 22.3. The third-order valence-electron chi connectivity index (χ3n) is 7.49. The molecular formula is C25H23F4N3O3. The lowest BCUT2D eigenvalue weighted by molar-refractivity contribution is -0.274. The van der Waals surface area contributed by atoms with Gasteiger partial charge in [0.05, 0.1) is 19.4 Å². The molecule has 184 valence electrons. The summed E-state index contributed by atoms with van der Waals surface area (Å²) >= 11 is 0. The van der Waals surface area contributed by atoms with Crippen molar-refractivity contribution < 1.29 is 31.8 Å². The summed E-state index contributed by atoms with van der Waals surface area (Å²) in [6.45, 7) is 2.21. The number of alkyl halides is 3. The molecule has 10 heteroatoms. The minimum atomic E-state index is -4.79. The van der Waals surface area contributed by atoms with E-state index in [9.17, 15) is 18.0 Å². The summed E-state index contributed by atoms with van der Waals surface area (Å²) < 4.78 is 61.9. The van der Waals surface area contributed by atoms with Gasteiger partial charge in [-0.25, -0.2) is 9.37 Å². The molecule has 0 radical (unpaired) electrons. The van der Waals surface area contributed by atoms with Crippen LogP contribution in [0.25, 0.3) is 11.0 Å². The molecule has 0 spiro atoms. The van der Waals surface area contributed by atoms with Gasteiger partial charge in [-0.15, -0.1) is 13.2 Å². The number of benzene rings is 1. The molecule has 0 saturated carbocycles. The molecule has 1 aromatic carbocycles. The van der Waals surface area contributed by atoms with Gasteiger partial charge in [-0.1, -0.05) is 0 Å². The first kappa shape index (κ1) is 22.3. The predicted octanol–water partition coefficient (Wildman–Crippen LogP) is 4.91. The highest BCUT2D eigenvalue weighted by atomic mass is 19.4. The highest BCUT2D eigenvalue weighted by Gasteiger charge is 2.41. The number of H-pyrrole nitrogens is 1. The van der Waals surface area contributed by atoms with Crippen LogP contribution in [-0.4, -0.2) is 53.4 Å². The van der Waals surface area contributed by atoms with Gasteiger partial charge in [0, 0.05) is 41.2 Å². The van der Waals surface area contributed by atoms with Gasteiger partial charge in [-0.05, 0) is 60.9 Å². The van der Waals surface area contributed by atoms with Crippen molar-refractivity contribution in [3.05, 3.63) is 58.7 Å². The fourth-order valence-corrected chi connectivity index (χ4v) is 5.93. The monoisotopic (exact) mass is 489 g/mol. The maximum atomic E-state index is 15.2. The predicted molar refractivity (Wildman–Crippen MR) is 118 cm³/mol. The number of pyridine rings is 1. The van der Waals surface area contributed by atoms with Crippen LogP contribution in [0.15, 0.2) is 30.5 Å². The zero-order valence-electron chi connectivity index (χ0n) is 18.7. The Morgan fingerprint density at radius 1 is 1.11 bits per heavy atom. The topological polar surface area (TPSA) is 67.5 Å². The van der Waals surface area contributed by atoms with Crippen molar-refractivity contribution in [1.29, 1.82) is 0 Å².